The van der Waals surface area contributed by atoms with E-state index in [0.717, 1.165) is 16.7 Å². The molecule has 0 aliphatic heterocycles. The number of benzene rings is 2. The first kappa shape index (κ1) is 17.9. The number of thiophene rings is 1. The van der Waals surface area contributed by atoms with Gasteiger partial charge in [-0.25, -0.2) is 0 Å². The average Bonchev–Trinajstić information content (AvgIpc) is 3.14. The van der Waals surface area contributed by atoms with Crippen molar-refractivity contribution in [2.24, 2.45) is 0 Å². The van der Waals surface area contributed by atoms with Gasteiger partial charge in [0.25, 0.3) is 5.91 Å². The van der Waals surface area contributed by atoms with Gasteiger partial charge in [0.15, 0.2) is 0 Å². The van der Waals surface area contributed by atoms with Gasteiger partial charge in [0.2, 0.25) is 5.91 Å². The summed E-state index contributed by atoms with van der Waals surface area (Å²) in [5.74, 6) is -0.194. The smallest absolute Gasteiger partial charge is 0.265 e. The predicted molar refractivity (Wildman–Crippen MR) is 107 cm³/mol. The van der Waals surface area contributed by atoms with Gasteiger partial charge < -0.3 is 10.6 Å². The van der Waals surface area contributed by atoms with Crippen LogP contribution in [0.5, 0.6) is 0 Å². The number of hydrogen-bond donors (Lipinski definition) is 2. The highest BCUT2D eigenvalue weighted by molar-refractivity contribution is 7.12. The number of aryl methyl sites for hydroxylation is 2. The molecule has 1 heterocycles. The van der Waals surface area contributed by atoms with Crippen LogP contribution in [0.25, 0.3) is 0 Å². The van der Waals surface area contributed by atoms with Crippen LogP contribution in [-0.4, -0.2) is 11.8 Å². The zero-order valence-electron chi connectivity index (χ0n) is 14.7. The first-order valence-electron chi connectivity index (χ1n) is 8.32. The number of rotatable bonds is 5. The summed E-state index contributed by atoms with van der Waals surface area (Å²) in [5.41, 5.74) is 4.68. The molecule has 3 rings (SSSR count). The van der Waals surface area contributed by atoms with Crippen molar-refractivity contribution in [1.82, 2.24) is 0 Å². The number of amides is 2. The molecule has 0 aliphatic carbocycles. The van der Waals surface area contributed by atoms with Crippen molar-refractivity contribution >= 4 is 34.5 Å². The molecule has 4 nitrogen and oxygen atoms in total. The van der Waals surface area contributed by atoms with Crippen molar-refractivity contribution in [2.45, 2.75) is 20.3 Å². The summed E-state index contributed by atoms with van der Waals surface area (Å²) in [5, 5.41) is 7.60. The van der Waals surface area contributed by atoms with Gasteiger partial charge in [-0.05, 0) is 60.7 Å². The summed E-state index contributed by atoms with van der Waals surface area (Å²) in [7, 11) is 0. The SMILES string of the molecule is Cc1ccc(C)c(CC(=O)Nc2ccc(NC(=O)c3cccs3)cc2)c1. The second-order valence-electron chi connectivity index (χ2n) is 6.16. The predicted octanol–water partition coefficient (Wildman–Crippen LogP) is 4.80. The van der Waals surface area contributed by atoms with Crippen LogP contribution in [0.4, 0.5) is 11.4 Å². The van der Waals surface area contributed by atoms with E-state index >= 15 is 0 Å². The Morgan fingerprint density at radius 1 is 0.923 bits per heavy atom. The van der Waals surface area contributed by atoms with Gasteiger partial charge in [0, 0.05) is 11.4 Å². The fourth-order valence-corrected chi connectivity index (χ4v) is 3.23. The fraction of sp³-hybridized carbons (Fsp3) is 0.143. The van der Waals surface area contributed by atoms with E-state index in [9.17, 15) is 9.59 Å². The molecule has 0 fully saturated rings. The monoisotopic (exact) mass is 364 g/mol. The molecule has 0 aliphatic rings. The van der Waals surface area contributed by atoms with Gasteiger partial charge >= 0.3 is 0 Å². The van der Waals surface area contributed by atoms with Crippen molar-refractivity contribution < 1.29 is 9.59 Å². The summed E-state index contributed by atoms with van der Waals surface area (Å²) in [6, 6.07) is 16.9. The highest BCUT2D eigenvalue weighted by atomic mass is 32.1. The average molecular weight is 364 g/mol. The minimum Gasteiger partial charge on any atom is -0.326 e. The van der Waals surface area contributed by atoms with E-state index in [4.69, 9.17) is 0 Å². The zero-order valence-corrected chi connectivity index (χ0v) is 15.5. The standard InChI is InChI=1S/C21H20N2O2S/c1-14-5-6-15(2)16(12-14)13-20(24)22-17-7-9-18(10-8-17)23-21(25)19-4-3-11-26-19/h3-12H,13H2,1-2H3,(H,22,24)(H,23,25). The Bertz CT molecular complexity index is 916. The highest BCUT2D eigenvalue weighted by Crippen LogP contribution is 2.17. The van der Waals surface area contributed by atoms with E-state index in [-0.39, 0.29) is 11.8 Å². The number of hydrogen-bond acceptors (Lipinski definition) is 3. The van der Waals surface area contributed by atoms with Crippen molar-refractivity contribution in [3.8, 4) is 0 Å². The molecule has 0 unspecified atom stereocenters. The Labute approximate surface area is 156 Å². The third-order valence-electron chi connectivity index (χ3n) is 4.03. The van der Waals surface area contributed by atoms with Crippen LogP contribution < -0.4 is 10.6 Å². The molecule has 3 aromatic rings. The first-order valence-corrected chi connectivity index (χ1v) is 9.20. The second kappa shape index (κ2) is 7.97. The van der Waals surface area contributed by atoms with Gasteiger partial charge in [-0.1, -0.05) is 29.8 Å². The molecule has 0 saturated heterocycles. The Morgan fingerprint density at radius 3 is 2.27 bits per heavy atom. The minimum absolute atomic E-state index is 0.0610. The third-order valence-corrected chi connectivity index (χ3v) is 4.90. The third kappa shape index (κ3) is 4.58. The Hall–Kier alpha value is -2.92. The van der Waals surface area contributed by atoms with Crippen molar-refractivity contribution in [1.29, 1.82) is 0 Å². The number of carbonyl (C=O) groups excluding carboxylic acids is 2. The van der Waals surface area contributed by atoms with E-state index in [2.05, 4.69) is 10.6 Å². The Morgan fingerprint density at radius 2 is 1.62 bits per heavy atom. The second-order valence-corrected chi connectivity index (χ2v) is 7.11. The summed E-state index contributed by atoms with van der Waals surface area (Å²) >= 11 is 1.40. The number of anilines is 2. The van der Waals surface area contributed by atoms with Crippen LogP contribution in [0.3, 0.4) is 0 Å². The normalized spacial score (nSPS) is 10.4. The molecule has 2 aromatic carbocycles. The molecule has 0 saturated carbocycles. The Balaban J connectivity index is 1.59. The minimum atomic E-state index is -0.133. The highest BCUT2D eigenvalue weighted by Gasteiger charge is 2.09. The zero-order chi connectivity index (χ0) is 18.5. The molecule has 0 radical (unpaired) electrons. The topological polar surface area (TPSA) is 58.2 Å². The van der Waals surface area contributed by atoms with Gasteiger partial charge in [-0.15, -0.1) is 11.3 Å². The molecule has 132 valence electrons. The lowest BCUT2D eigenvalue weighted by atomic mass is 10.0. The largest absolute Gasteiger partial charge is 0.326 e. The molecule has 5 heteroatoms. The van der Waals surface area contributed by atoms with E-state index < -0.39 is 0 Å². The molecule has 2 amide bonds. The van der Waals surface area contributed by atoms with E-state index in [1.54, 1.807) is 30.3 Å². The molecular weight excluding hydrogens is 344 g/mol. The molecular formula is C21H20N2O2S. The van der Waals surface area contributed by atoms with E-state index in [0.29, 0.717) is 22.7 Å². The van der Waals surface area contributed by atoms with Crippen molar-refractivity contribution in [3.63, 3.8) is 0 Å². The molecule has 1 aromatic heterocycles. The van der Waals surface area contributed by atoms with Gasteiger partial charge in [0.05, 0.1) is 11.3 Å². The molecule has 0 atom stereocenters. The lowest BCUT2D eigenvalue weighted by Crippen LogP contribution is -2.15. The molecule has 0 spiro atoms. The van der Waals surface area contributed by atoms with E-state index in [1.165, 1.54) is 11.3 Å². The summed E-state index contributed by atoms with van der Waals surface area (Å²) in [4.78, 5) is 25.0. The van der Waals surface area contributed by atoms with Crippen LogP contribution in [0.2, 0.25) is 0 Å². The van der Waals surface area contributed by atoms with Crippen molar-refractivity contribution in [3.05, 3.63) is 81.5 Å². The van der Waals surface area contributed by atoms with Crippen LogP contribution in [0, 0.1) is 13.8 Å². The van der Waals surface area contributed by atoms with E-state index in [1.807, 2.05) is 43.5 Å². The summed E-state index contributed by atoms with van der Waals surface area (Å²) < 4.78 is 0. The van der Waals surface area contributed by atoms with Crippen LogP contribution in [0.15, 0.2) is 60.0 Å². The maximum Gasteiger partial charge on any atom is 0.265 e. The quantitative estimate of drug-likeness (QED) is 0.683. The fourth-order valence-electron chi connectivity index (χ4n) is 2.61. The van der Waals surface area contributed by atoms with Crippen LogP contribution in [-0.2, 0) is 11.2 Å². The van der Waals surface area contributed by atoms with Gasteiger partial charge in [-0.3, -0.25) is 9.59 Å². The first-order chi connectivity index (χ1) is 12.5. The lowest BCUT2D eigenvalue weighted by molar-refractivity contribution is -0.115. The molecule has 2 N–H and O–H groups in total. The maximum absolute atomic E-state index is 12.3. The van der Waals surface area contributed by atoms with Gasteiger partial charge in [-0.2, -0.15) is 0 Å². The van der Waals surface area contributed by atoms with Gasteiger partial charge in [0.1, 0.15) is 0 Å². The van der Waals surface area contributed by atoms with Crippen LogP contribution in [0.1, 0.15) is 26.4 Å². The molecule has 26 heavy (non-hydrogen) atoms. The Kier molecular flexibility index (Phi) is 5.49. The lowest BCUT2D eigenvalue weighted by Gasteiger charge is -2.09. The van der Waals surface area contributed by atoms with Crippen LogP contribution >= 0.6 is 11.3 Å². The number of carbonyl (C=O) groups is 2. The molecule has 0 bridgehead atoms. The maximum atomic E-state index is 12.3. The summed E-state index contributed by atoms with van der Waals surface area (Å²) in [6.07, 6.45) is 0.338. The summed E-state index contributed by atoms with van der Waals surface area (Å²) in [6.45, 7) is 4.02. The number of nitrogens with one attached hydrogen (secondary N) is 2. The van der Waals surface area contributed by atoms with Crippen molar-refractivity contribution in [2.75, 3.05) is 10.6 Å².